The first-order valence-corrected chi connectivity index (χ1v) is 17.4. The highest BCUT2D eigenvalue weighted by atomic mass is 32.2. The van der Waals surface area contributed by atoms with E-state index in [0.717, 1.165) is 43.4 Å². The first kappa shape index (κ1) is 35.5. The Morgan fingerprint density at radius 2 is 1.49 bits per heavy atom. The molecular weight excluding hydrogens is 655 g/mol. The average molecular weight is 694 g/mol. The fraction of sp³-hybridized carbons (Fsp3) is 0.297. The van der Waals surface area contributed by atoms with Crippen LogP contribution in [0.5, 0.6) is 5.75 Å². The molecule has 2 amide bonds. The Morgan fingerprint density at radius 1 is 0.857 bits per heavy atom. The lowest BCUT2D eigenvalue weighted by atomic mass is 10.0. The Labute approximate surface area is 284 Å². The van der Waals surface area contributed by atoms with Gasteiger partial charge in [0.15, 0.2) is 0 Å². The molecule has 0 heterocycles. The highest BCUT2D eigenvalue weighted by Gasteiger charge is 2.37. The molecule has 1 atom stereocenters. The SMILES string of the molecule is COc1cccc(CN(C(=O)CN(c2cccc(C(F)(F)F)c2)S(=O)(=O)c2ccccc2)[C@@H](Cc2ccccc2)C(=O)NC2CCCC2)c1. The lowest BCUT2D eigenvalue weighted by Crippen LogP contribution is -2.54. The first-order chi connectivity index (χ1) is 23.5. The maximum Gasteiger partial charge on any atom is 0.416 e. The Hall–Kier alpha value is -4.84. The van der Waals surface area contributed by atoms with Crippen molar-refractivity contribution in [1.29, 1.82) is 0 Å². The molecule has 4 aromatic rings. The molecule has 258 valence electrons. The zero-order valence-electron chi connectivity index (χ0n) is 27.0. The van der Waals surface area contributed by atoms with Gasteiger partial charge in [0.2, 0.25) is 11.8 Å². The number of carbonyl (C=O) groups excluding carboxylic acids is 2. The number of sulfonamides is 1. The van der Waals surface area contributed by atoms with E-state index in [1.807, 2.05) is 30.3 Å². The normalized spacial score (nSPS) is 14.2. The van der Waals surface area contributed by atoms with E-state index < -0.39 is 46.2 Å². The van der Waals surface area contributed by atoms with Gasteiger partial charge >= 0.3 is 6.18 Å². The zero-order valence-corrected chi connectivity index (χ0v) is 27.8. The first-order valence-electron chi connectivity index (χ1n) is 16.0. The number of benzene rings is 4. The van der Waals surface area contributed by atoms with Gasteiger partial charge in [-0.2, -0.15) is 13.2 Å². The van der Waals surface area contributed by atoms with E-state index in [0.29, 0.717) is 21.7 Å². The summed E-state index contributed by atoms with van der Waals surface area (Å²) in [4.78, 5) is 29.8. The number of rotatable bonds is 13. The van der Waals surface area contributed by atoms with Gasteiger partial charge in [0.05, 0.1) is 23.3 Å². The summed E-state index contributed by atoms with van der Waals surface area (Å²) in [5, 5.41) is 3.09. The van der Waals surface area contributed by atoms with Crippen LogP contribution in [0.25, 0.3) is 0 Å². The standard InChI is InChI=1S/C37H38F3N3O5S/c1-48-32-19-10-14-28(22-32)25-42(34(23-27-12-4-2-5-13-27)36(45)41-30-16-8-9-17-30)35(44)26-43(49(46,47)33-20-6-3-7-21-33)31-18-11-15-29(24-31)37(38,39)40/h2-7,10-15,18-22,24,30,34H,8-9,16-17,23,25-26H2,1H3,(H,41,45)/t34-/m0/s1. The van der Waals surface area contributed by atoms with Gasteiger partial charge in [-0.25, -0.2) is 8.42 Å². The van der Waals surface area contributed by atoms with Crippen molar-refractivity contribution in [1.82, 2.24) is 10.2 Å². The van der Waals surface area contributed by atoms with Crippen LogP contribution in [0.4, 0.5) is 18.9 Å². The van der Waals surface area contributed by atoms with Gasteiger partial charge in [-0.3, -0.25) is 13.9 Å². The van der Waals surface area contributed by atoms with Gasteiger partial charge in [0.25, 0.3) is 10.0 Å². The molecule has 0 unspecified atom stereocenters. The molecule has 1 N–H and O–H groups in total. The molecule has 1 aliphatic rings. The minimum Gasteiger partial charge on any atom is -0.497 e. The van der Waals surface area contributed by atoms with Crippen LogP contribution < -0.4 is 14.4 Å². The van der Waals surface area contributed by atoms with Gasteiger partial charge < -0.3 is 15.0 Å². The molecule has 8 nitrogen and oxygen atoms in total. The van der Waals surface area contributed by atoms with Crippen molar-refractivity contribution in [3.05, 3.63) is 126 Å². The van der Waals surface area contributed by atoms with Gasteiger partial charge in [-0.1, -0.05) is 79.6 Å². The van der Waals surface area contributed by atoms with Crippen LogP contribution in [-0.2, 0) is 38.8 Å². The quantitative estimate of drug-likeness (QED) is 0.170. The summed E-state index contributed by atoms with van der Waals surface area (Å²) in [6.45, 7) is -0.974. The fourth-order valence-electron chi connectivity index (χ4n) is 5.97. The number of nitrogens with zero attached hydrogens (tertiary/aromatic N) is 2. The minimum absolute atomic E-state index is 0.0698. The monoisotopic (exact) mass is 693 g/mol. The highest BCUT2D eigenvalue weighted by molar-refractivity contribution is 7.92. The van der Waals surface area contributed by atoms with Crippen LogP contribution in [0.3, 0.4) is 0 Å². The number of ether oxygens (including phenoxy) is 1. The molecule has 1 aliphatic carbocycles. The number of hydrogen-bond acceptors (Lipinski definition) is 5. The minimum atomic E-state index is -4.76. The van der Waals surface area contributed by atoms with Crippen molar-refractivity contribution >= 4 is 27.5 Å². The summed E-state index contributed by atoms with van der Waals surface area (Å²) in [7, 11) is -3.06. The molecule has 5 rings (SSSR count). The molecule has 49 heavy (non-hydrogen) atoms. The topological polar surface area (TPSA) is 96.0 Å². The molecule has 0 bridgehead atoms. The second-order valence-electron chi connectivity index (χ2n) is 11.9. The van der Waals surface area contributed by atoms with Gasteiger partial charge in [-0.15, -0.1) is 0 Å². The lowest BCUT2D eigenvalue weighted by molar-refractivity contribution is -0.140. The molecule has 1 fully saturated rings. The van der Waals surface area contributed by atoms with Crippen molar-refractivity contribution < 1.29 is 35.9 Å². The maximum atomic E-state index is 14.6. The Balaban J connectivity index is 1.60. The predicted octanol–water partition coefficient (Wildman–Crippen LogP) is 6.61. The van der Waals surface area contributed by atoms with Crippen LogP contribution in [-0.4, -0.2) is 50.9 Å². The smallest absolute Gasteiger partial charge is 0.416 e. The van der Waals surface area contributed by atoms with E-state index in [9.17, 15) is 31.2 Å². The van der Waals surface area contributed by atoms with E-state index in [4.69, 9.17) is 4.74 Å². The van der Waals surface area contributed by atoms with Crippen LogP contribution in [0.2, 0.25) is 0 Å². The molecular formula is C37H38F3N3O5S. The second-order valence-corrected chi connectivity index (χ2v) is 13.8. The molecule has 0 aliphatic heterocycles. The van der Waals surface area contributed by atoms with Crippen LogP contribution in [0, 0.1) is 0 Å². The lowest BCUT2D eigenvalue weighted by Gasteiger charge is -2.34. The summed E-state index contributed by atoms with van der Waals surface area (Å²) in [6.07, 6.45) is -1.13. The average Bonchev–Trinajstić information content (AvgIpc) is 3.62. The third-order valence-electron chi connectivity index (χ3n) is 8.53. The third-order valence-corrected chi connectivity index (χ3v) is 10.3. The summed E-state index contributed by atoms with van der Waals surface area (Å²) in [5.74, 6) is -0.664. The molecule has 4 aromatic carbocycles. The number of anilines is 1. The van der Waals surface area contributed by atoms with Crippen molar-refractivity contribution in [2.75, 3.05) is 18.0 Å². The van der Waals surface area contributed by atoms with Crippen LogP contribution in [0.1, 0.15) is 42.4 Å². The van der Waals surface area contributed by atoms with Gasteiger partial charge in [-0.05, 0) is 66.4 Å². The molecule has 0 aromatic heterocycles. The number of methoxy groups -OCH3 is 1. The summed E-state index contributed by atoms with van der Waals surface area (Å²) in [5.41, 5.74) is -0.0414. The Kier molecular flexibility index (Phi) is 11.3. The predicted molar refractivity (Wildman–Crippen MR) is 180 cm³/mol. The molecule has 0 spiro atoms. The van der Waals surface area contributed by atoms with E-state index in [1.54, 1.807) is 30.3 Å². The van der Waals surface area contributed by atoms with Crippen LogP contribution in [0.15, 0.2) is 114 Å². The largest absolute Gasteiger partial charge is 0.497 e. The number of carbonyl (C=O) groups is 2. The Bertz CT molecular complexity index is 1830. The van der Waals surface area contributed by atoms with Gasteiger partial charge in [0, 0.05) is 19.0 Å². The van der Waals surface area contributed by atoms with E-state index in [-0.39, 0.29) is 29.6 Å². The van der Waals surface area contributed by atoms with E-state index in [1.165, 1.54) is 42.3 Å². The van der Waals surface area contributed by atoms with Crippen LogP contribution >= 0.6 is 0 Å². The van der Waals surface area contributed by atoms with E-state index >= 15 is 0 Å². The maximum absolute atomic E-state index is 14.6. The fourth-order valence-corrected chi connectivity index (χ4v) is 7.40. The summed E-state index contributed by atoms with van der Waals surface area (Å²) >= 11 is 0. The zero-order chi connectivity index (χ0) is 35.0. The van der Waals surface area contributed by atoms with Crippen molar-refractivity contribution in [2.24, 2.45) is 0 Å². The van der Waals surface area contributed by atoms with Crippen molar-refractivity contribution in [3.8, 4) is 5.75 Å². The summed E-state index contributed by atoms with van der Waals surface area (Å²) in [6, 6.07) is 25.9. The second kappa shape index (κ2) is 15.6. The van der Waals surface area contributed by atoms with E-state index in [2.05, 4.69) is 5.32 Å². The summed E-state index contributed by atoms with van der Waals surface area (Å²) < 4.78 is 75.7. The van der Waals surface area contributed by atoms with Crippen molar-refractivity contribution in [2.45, 2.75) is 61.8 Å². The third kappa shape index (κ3) is 9.00. The molecule has 12 heteroatoms. The highest BCUT2D eigenvalue weighted by Crippen LogP contribution is 2.33. The molecule has 0 saturated heterocycles. The number of nitrogens with one attached hydrogen (secondary N) is 1. The molecule has 0 radical (unpaired) electrons. The Morgan fingerprint density at radius 3 is 2.14 bits per heavy atom. The van der Waals surface area contributed by atoms with Crippen molar-refractivity contribution in [3.63, 3.8) is 0 Å². The number of halogens is 3. The molecule has 1 saturated carbocycles. The van der Waals surface area contributed by atoms with Gasteiger partial charge in [0.1, 0.15) is 18.3 Å². The number of alkyl halides is 3. The number of hydrogen-bond donors (Lipinski definition) is 1. The number of amides is 2.